The maximum absolute atomic E-state index is 12.4. The highest BCUT2D eigenvalue weighted by Gasteiger charge is 2.30. The summed E-state index contributed by atoms with van der Waals surface area (Å²) in [6.07, 6.45) is 0.559. The quantitative estimate of drug-likeness (QED) is 0.439. The molecule has 3 rings (SSSR count). The number of fused-ring (bicyclic) bond motifs is 1. The molecular formula is C19H21N3O4S2. The van der Waals surface area contributed by atoms with Crippen molar-refractivity contribution in [2.45, 2.75) is 24.8 Å². The fourth-order valence-electron chi connectivity index (χ4n) is 2.99. The molecule has 1 aliphatic rings. The Labute approximate surface area is 171 Å². The van der Waals surface area contributed by atoms with Crippen LogP contribution in [-0.2, 0) is 27.3 Å². The molecule has 0 unspecified atom stereocenters. The number of ether oxygens (including phenoxy) is 1. The van der Waals surface area contributed by atoms with Crippen LogP contribution in [0.3, 0.4) is 0 Å². The second-order valence-corrected chi connectivity index (χ2v) is 8.45. The summed E-state index contributed by atoms with van der Waals surface area (Å²) in [4.78, 5) is 40.0. The molecule has 0 bridgehead atoms. The minimum absolute atomic E-state index is 0.0113. The van der Waals surface area contributed by atoms with Gasteiger partial charge in [-0.1, -0.05) is 6.07 Å². The predicted molar refractivity (Wildman–Crippen MR) is 111 cm³/mol. The minimum Gasteiger partial charge on any atom is -0.465 e. The van der Waals surface area contributed by atoms with Crippen LogP contribution in [0.15, 0.2) is 29.2 Å². The summed E-state index contributed by atoms with van der Waals surface area (Å²) < 4.78 is 4.92. The predicted octanol–water partition coefficient (Wildman–Crippen LogP) is 2.75. The number of carbonyl (C=O) groups excluding carboxylic acids is 3. The Morgan fingerprint density at radius 3 is 2.82 bits per heavy atom. The molecule has 0 radical (unpaired) electrons. The van der Waals surface area contributed by atoms with Crippen LogP contribution in [0, 0.1) is 0 Å². The second kappa shape index (κ2) is 8.66. The van der Waals surface area contributed by atoms with Crippen LogP contribution >= 0.6 is 23.1 Å². The van der Waals surface area contributed by atoms with E-state index in [9.17, 15) is 14.4 Å². The van der Waals surface area contributed by atoms with Crippen LogP contribution in [0.25, 0.3) is 0 Å². The van der Waals surface area contributed by atoms with Crippen molar-refractivity contribution in [2.24, 2.45) is 0 Å². The van der Waals surface area contributed by atoms with Crippen molar-refractivity contribution in [3.8, 4) is 0 Å². The van der Waals surface area contributed by atoms with Crippen molar-refractivity contribution in [1.82, 2.24) is 4.90 Å². The number of methoxy groups -OCH3 is 1. The molecule has 0 saturated carbocycles. The first-order valence-corrected chi connectivity index (χ1v) is 10.5. The molecule has 1 aliphatic heterocycles. The zero-order chi connectivity index (χ0) is 20.3. The van der Waals surface area contributed by atoms with Gasteiger partial charge in [-0.25, -0.2) is 4.79 Å². The lowest BCUT2D eigenvalue weighted by Gasteiger charge is -2.25. The Balaban J connectivity index is 1.76. The van der Waals surface area contributed by atoms with Crippen molar-refractivity contribution in [3.05, 3.63) is 40.3 Å². The lowest BCUT2D eigenvalue weighted by atomic mass is 10.0. The Morgan fingerprint density at radius 1 is 1.36 bits per heavy atom. The number of amides is 2. The maximum Gasteiger partial charge on any atom is 0.341 e. The van der Waals surface area contributed by atoms with Crippen molar-refractivity contribution in [3.63, 3.8) is 0 Å². The maximum atomic E-state index is 12.4. The van der Waals surface area contributed by atoms with E-state index in [1.165, 1.54) is 37.1 Å². The average Bonchev–Trinajstić information content (AvgIpc) is 3.02. The molecule has 2 heterocycles. The molecule has 0 atom stereocenters. The molecule has 0 spiro atoms. The van der Waals surface area contributed by atoms with Gasteiger partial charge in [-0.15, -0.1) is 23.1 Å². The van der Waals surface area contributed by atoms with Crippen LogP contribution in [0.4, 0.5) is 10.7 Å². The molecule has 2 aromatic rings. The normalized spacial score (nSPS) is 13.0. The number of hydrogen-bond acceptors (Lipinski definition) is 7. The smallest absolute Gasteiger partial charge is 0.341 e. The monoisotopic (exact) mass is 419 g/mol. The van der Waals surface area contributed by atoms with Gasteiger partial charge in [0.2, 0.25) is 11.8 Å². The number of benzene rings is 1. The molecule has 3 N–H and O–H groups in total. The SMILES string of the molecule is COC(=O)c1c(NC(=O)CSc2cccc(N)c2)sc2c1CCN(C(C)=O)C2. The number of rotatable bonds is 5. The third-order valence-corrected chi connectivity index (χ3v) is 6.50. The van der Waals surface area contributed by atoms with Gasteiger partial charge in [0.05, 0.1) is 25.0 Å². The van der Waals surface area contributed by atoms with E-state index >= 15 is 0 Å². The zero-order valence-corrected chi connectivity index (χ0v) is 17.2. The summed E-state index contributed by atoms with van der Waals surface area (Å²) in [7, 11) is 1.32. The summed E-state index contributed by atoms with van der Waals surface area (Å²) >= 11 is 2.69. The molecule has 0 saturated heterocycles. The number of thioether (sulfide) groups is 1. The molecule has 28 heavy (non-hydrogen) atoms. The highest BCUT2D eigenvalue weighted by Crippen LogP contribution is 2.37. The fraction of sp³-hybridized carbons (Fsp3) is 0.316. The van der Waals surface area contributed by atoms with E-state index in [1.54, 1.807) is 17.0 Å². The van der Waals surface area contributed by atoms with Gasteiger partial charge < -0.3 is 20.7 Å². The number of hydrogen-bond donors (Lipinski definition) is 2. The summed E-state index contributed by atoms with van der Waals surface area (Å²) in [5.74, 6) is -0.526. The molecule has 148 valence electrons. The van der Waals surface area contributed by atoms with Crippen LogP contribution in [0.5, 0.6) is 0 Å². The topological polar surface area (TPSA) is 102 Å². The molecule has 0 aliphatic carbocycles. The Hall–Kier alpha value is -2.52. The van der Waals surface area contributed by atoms with Gasteiger partial charge >= 0.3 is 5.97 Å². The first kappa shape index (κ1) is 20.2. The molecular weight excluding hydrogens is 398 g/mol. The third-order valence-electron chi connectivity index (χ3n) is 4.37. The number of anilines is 2. The van der Waals surface area contributed by atoms with Crippen LogP contribution in [0.1, 0.15) is 27.7 Å². The second-order valence-electron chi connectivity index (χ2n) is 6.30. The van der Waals surface area contributed by atoms with E-state index in [0.717, 1.165) is 15.3 Å². The first-order valence-electron chi connectivity index (χ1n) is 8.65. The highest BCUT2D eigenvalue weighted by atomic mass is 32.2. The van der Waals surface area contributed by atoms with E-state index in [4.69, 9.17) is 10.5 Å². The lowest BCUT2D eigenvalue weighted by Crippen LogP contribution is -2.33. The molecule has 7 nitrogen and oxygen atoms in total. The van der Waals surface area contributed by atoms with Crippen molar-refractivity contribution in [2.75, 3.05) is 30.5 Å². The van der Waals surface area contributed by atoms with Crippen LogP contribution in [-0.4, -0.2) is 42.1 Å². The summed E-state index contributed by atoms with van der Waals surface area (Å²) in [6.45, 7) is 2.50. The Bertz CT molecular complexity index is 926. The summed E-state index contributed by atoms with van der Waals surface area (Å²) in [5, 5.41) is 3.31. The van der Waals surface area contributed by atoms with Gasteiger partial charge in [0.1, 0.15) is 5.00 Å². The standard InChI is InChI=1S/C19H21N3O4S2/c1-11(23)22-7-6-14-15(9-22)28-18(17(14)19(25)26-2)21-16(24)10-27-13-5-3-4-12(20)8-13/h3-5,8H,6-7,9-10,20H2,1-2H3,(H,21,24). The minimum atomic E-state index is -0.479. The highest BCUT2D eigenvalue weighted by molar-refractivity contribution is 8.00. The number of nitrogens with one attached hydrogen (secondary N) is 1. The van der Waals surface area contributed by atoms with Crippen molar-refractivity contribution >= 4 is 51.6 Å². The average molecular weight is 420 g/mol. The van der Waals surface area contributed by atoms with Gasteiger partial charge in [-0.2, -0.15) is 0 Å². The third kappa shape index (κ3) is 4.48. The number of carbonyl (C=O) groups is 3. The Morgan fingerprint density at radius 2 is 2.14 bits per heavy atom. The number of thiophene rings is 1. The first-order chi connectivity index (χ1) is 13.4. The van der Waals surface area contributed by atoms with Crippen molar-refractivity contribution in [1.29, 1.82) is 0 Å². The van der Waals surface area contributed by atoms with E-state index in [2.05, 4.69) is 5.32 Å². The number of nitrogen functional groups attached to an aromatic ring is 1. The molecule has 1 aromatic heterocycles. The summed E-state index contributed by atoms with van der Waals surface area (Å²) in [6, 6.07) is 7.30. The molecule has 2 amide bonds. The number of nitrogens with two attached hydrogens (primary N) is 1. The molecule has 1 aromatic carbocycles. The lowest BCUT2D eigenvalue weighted by molar-refractivity contribution is -0.129. The van der Waals surface area contributed by atoms with Crippen LogP contribution in [0.2, 0.25) is 0 Å². The van der Waals surface area contributed by atoms with E-state index < -0.39 is 5.97 Å². The number of nitrogens with zero attached hydrogens (tertiary/aromatic N) is 1. The number of esters is 1. The van der Waals surface area contributed by atoms with Gasteiger partial charge in [-0.3, -0.25) is 9.59 Å². The van der Waals surface area contributed by atoms with Gasteiger partial charge in [-0.05, 0) is 30.2 Å². The van der Waals surface area contributed by atoms with Crippen LogP contribution < -0.4 is 11.1 Å². The van der Waals surface area contributed by atoms with Gasteiger partial charge in [0, 0.05) is 28.9 Å². The zero-order valence-electron chi connectivity index (χ0n) is 15.6. The molecule has 0 fully saturated rings. The van der Waals surface area contributed by atoms with Gasteiger partial charge in [0.25, 0.3) is 0 Å². The Kier molecular flexibility index (Phi) is 6.25. The van der Waals surface area contributed by atoms with Gasteiger partial charge in [0.15, 0.2) is 0 Å². The molecule has 9 heteroatoms. The summed E-state index contributed by atoms with van der Waals surface area (Å²) in [5.41, 5.74) is 7.64. The largest absolute Gasteiger partial charge is 0.465 e. The van der Waals surface area contributed by atoms with Crippen molar-refractivity contribution < 1.29 is 19.1 Å². The van der Waals surface area contributed by atoms with E-state index in [0.29, 0.717) is 35.8 Å². The fourth-order valence-corrected chi connectivity index (χ4v) is 5.03. The van der Waals surface area contributed by atoms with E-state index in [1.807, 2.05) is 12.1 Å². The van der Waals surface area contributed by atoms with E-state index in [-0.39, 0.29) is 17.6 Å².